The van der Waals surface area contributed by atoms with Crippen LogP contribution in [0.25, 0.3) is 22.8 Å². The Kier molecular flexibility index (Phi) is 2.53. The fraction of sp³-hybridized carbons (Fsp3) is 0. The topological polar surface area (TPSA) is 59.2 Å². The highest BCUT2D eigenvalue weighted by molar-refractivity contribution is 5.60. The number of benzene rings is 1. The van der Waals surface area contributed by atoms with Crippen LogP contribution in [0, 0.1) is 0 Å². The Labute approximate surface area is 104 Å². The molecule has 0 spiro atoms. The van der Waals surface area contributed by atoms with Crippen LogP contribution < -0.4 is 0 Å². The van der Waals surface area contributed by atoms with Crippen LogP contribution in [0.15, 0.2) is 59.4 Å². The molecule has 0 bridgehead atoms. The quantitative estimate of drug-likeness (QED) is 0.745. The smallest absolute Gasteiger partial charge is 0.226 e. The third kappa shape index (κ3) is 1.96. The number of aromatic hydroxyl groups is 1. The highest BCUT2D eigenvalue weighted by Crippen LogP contribution is 2.26. The number of rotatable bonds is 2. The summed E-state index contributed by atoms with van der Waals surface area (Å²) in [7, 11) is 0. The maximum absolute atomic E-state index is 9.23. The Morgan fingerprint density at radius 2 is 1.61 bits per heavy atom. The summed E-state index contributed by atoms with van der Waals surface area (Å²) in [6, 6.07) is 10.5. The zero-order chi connectivity index (χ0) is 12.4. The van der Waals surface area contributed by atoms with E-state index in [9.17, 15) is 5.11 Å². The van der Waals surface area contributed by atoms with Crippen molar-refractivity contribution >= 4 is 0 Å². The Morgan fingerprint density at radius 1 is 0.889 bits per heavy atom. The third-order valence-electron chi connectivity index (χ3n) is 2.58. The monoisotopic (exact) mass is 238 g/mol. The second-order valence-electron chi connectivity index (χ2n) is 3.81. The molecule has 0 aliphatic carbocycles. The van der Waals surface area contributed by atoms with Crippen LogP contribution in [0.3, 0.4) is 0 Å². The van der Waals surface area contributed by atoms with Gasteiger partial charge in [-0.1, -0.05) is 0 Å². The number of pyridine rings is 1. The van der Waals surface area contributed by atoms with E-state index in [1.807, 2.05) is 12.1 Å². The van der Waals surface area contributed by atoms with Crippen LogP contribution >= 0.6 is 0 Å². The number of phenolic OH excluding ortho intramolecular Hbond substituents is 1. The van der Waals surface area contributed by atoms with Gasteiger partial charge in [-0.2, -0.15) is 0 Å². The lowest BCUT2D eigenvalue weighted by Gasteiger charge is -1.96. The molecule has 1 aromatic carbocycles. The molecule has 4 heteroatoms. The van der Waals surface area contributed by atoms with Gasteiger partial charge in [0.2, 0.25) is 5.89 Å². The van der Waals surface area contributed by atoms with Crippen molar-refractivity contribution in [2.75, 3.05) is 0 Å². The average Bonchev–Trinajstić information content (AvgIpc) is 2.90. The molecular formula is C14H10N2O2. The zero-order valence-corrected chi connectivity index (χ0v) is 9.45. The Balaban J connectivity index is 1.97. The molecule has 3 rings (SSSR count). The summed E-state index contributed by atoms with van der Waals surface area (Å²) in [6.07, 6.45) is 5.09. The number of hydrogen-bond acceptors (Lipinski definition) is 4. The first-order chi connectivity index (χ1) is 8.83. The van der Waals surface area contributed by atoms with Crippen molar-refractivity contribution in [2.24, 2.45) is 0 Å². The highest BCUT2D eigenvalue weighted by Gasteiger charge is 2.07. The molecule has 1 N–H and O–H groups in total. The molecule has 2 aromatic heterocycles. The molecule has 0 aliphatic heterocycles. The normalized spacial score (nSPS) is 10.4. The standard InChI is InChI=1S/C14H10N2O2/c17-12-3-1-11(2-4-12)14-16-9-13(18-14)10-5-7-15-8-6-10/h1-9,17H. The summed E-state index contributed by atoms with van der Waals surface area (Å²) in [5, 5.41) is 9.23. The number of hydrogen-bond donors (Lipinski definition) is 1. The fourth-order valence-corrected chi connectivity index (χ4v) is 1.66. The molecule has 2 heterocycles. The van der Waals surface area contributed by atoms with E-state index in [2.05, 4.69) is 9.97 Å². The van der Waals surface area contributed by atoms with Crippen LogP contribution in [0.4, 0.5) is 0 Å². The molecule has 18 heavy (non-hydrogen) atoms. The van der Waals surface area contributed by atoms with Crippen LogP contribution in [0.5, 0.6) is 5.75 Å². The summed E-state index contributed by atoms with van der Waals surface area (Å²) in [5.41, 5.74) is 1.76. The lowest BCUT2D eigenvalue weighted by Crippen LogP contribution is -1.75. The molecule has 3 aromatic rings. The van der Waals surface area contributed by atoms with Gasteiger partial charge >= 0.3 is 0 Å². The third-order valence-corrected chi connectivity index (χ3v) is 2.58. The minimum atomic E-state index is 0.222. The van der Waals surface area contributed by atoms with E-state index >= 15 is 0 Å². The Hall–Kier alpha value is -2.62. The first-order valence-electron chi connectivity index (χ1n) is 5.48. The lowest BCUT2D eigenvalue weighted by molar-refractivity contribution is 0.475. The minimum Gasteiger partial charge on any atom is -0.508 e. The van der Waals surface area contributed by atoms with Gasteiger partial charge in [0.05, 0.1) is 6.20 Å². The zero-order valence-electron chi connectivity index (χ0n) is 9.45. The van der Waals surface area contributed by atoms with Crippen LogP contribution in [0.2, 0.25) is 0 Å². The second-order valence-corrected chi connectivity index (χ2v) is 3.81. The molecule has 0 fully saturated rings. The fourth-order valence-electron chi connectivity index (χ4n) is 1.66. The van der Waals surface area contributed by atoms with E-state index in [0.29, 0.717) is 11.7 Å². The Morgan fingerprint density at radius 3 is 2.33 bits per heavy atom. The van der Waals surface area contributed by atoms with Crippen molar-refractivity contribution in [1.29, 1.82) is 0 Å². The van der Waals surface area contributed by atoms with Crippen molar-refractivity contribution < 1.29 is 9.52 Å². The molecule has 0 unspecified atom stereocenters. The van der Waals surface area contributed by atoms with Gasteiger partial charge in [0.15, 0.2) is 5.76 Å². The molecular weight excluding hydrogens is 228 g/mol. The first kappa shape index (κ1) is 10.5. The van der Waals surface area contributed by atoms with E-state index in [-0.39, 0.29) is 5.75 Å². The maximum Gasteiger partial charge on any atom is 0.226 e. The van der Waals surface area contributed by atoms with E-state index < -0.39 is 0 Å². The lowest BCUT2D eigenvalue weighted by atomic mass is 10.2. The van der Waals surface area contributed by atoms with Crippen LogP contribution in [-0.2, 0) is 0 Å². The van der Waals surface area contributed by atoms with Crippen LogP contribution in [-0.4, -0.2) is 15.1 Å². The predicted octanol–water partition coefficient (Wildman–Crippen LogP) is 3.11. The molecule has 0 radical (unpaired) electrons. The predicted molar refractivity (Wildman–Crippen MR) is 66.8 cm³/mol. The average molecular weight is 238 g/mol. The Bertz CT molecular complexity index is 645. The molecule has 88 valence electrons. The molecule has 0 saturated heterocycles. The molecule has 4 nitrogen and oxygen atoms in total. The van der Waals surface area contributed by atoms with E-state index in [4.69, 9.17) is 4.42 Å². The van der Waals surface area contributed by atoms with E-state index in [1.165, 1.54) is 0 Å². The maximum atomic E-state index is 9.23. The minimum absolute atomic E-state index is 0.222. The number of oxazole rings is 1. The summed E-state index contributed by atoms with van der Waals surface area (Å²) in [6.45, 7) is 0. The first-order valence-corrected chi connectivity index (χ1v) is 5.48. The van der Waals surface area contributed by atoms with Crippen molar-refractivity contribution in [1.82, 2.24) is 9.97 Å². The molecule has 0 atom stereocenters. The van der Waals surface area contributed by atoms with Crippen molar-refractivity contribution in [3.05, 3.63) is 55.0 Å². The number of phenols is 1. The SMILES string of the molecule is Oc1ccc(-c2ncc(-c3ccncc3)o2)cc1. The van der Waals surface area contributed by atoms with E-state index in [1.54, 1.807) is 42.9 Å². The number of aromatic nitrogens is 2. The highest BCUT2D eigenvalue weighted by atomic mass is 16.4. The molecule has 0 aliphatic rings. The van der Waals surface area contributed by atoms with Crippen molar-refractivity contribution in [3.63, 3.8) is 0 Å². The van der Waals surface area contributed by atoms with Gasteiger partial charge < -0.3 is 9.52 Å². The molecule has 0 saturated carbocycles. The van der Waals surface area contributed by atoms with Crippen LogP contribution in [0.1, 0.15) is 0 Å². The number of nitrogens with zero attached hydrogens (tertiary/aromatic N) is 2. The summed E-state index contributed by atoms with van der Waals surface area (Å²) < 4.78 is 5.68. The summed E-state index contributed by atoms with van der Waals surface area (Å²) in [4.78, 5) is 8.18. The second kappa shape index (κ2) is 4.33. The van der Waals surface area contributed by atoms with Crippen molar-refractivity contribution in [2.45, 2.75) is 0 Å². The largest absolute Gasteiger partial charge is 0.508 e. The van der Waals surface area contributed by atoms with Gasteiger partial charge in [-0.25, -0.2) is 4.98 Å². The van der Waals surface area contributed by atoms with Gasteiger partial charge in [-0.3, -0.25) is 4.98 Å². The summed E-state index contributed by atoms with van der Waals surface area (Å²) >= 11 is 0. The molecule has 0 amide bonds. The van der Waals surface area contributed by atoms with E-state index in [0.717, 1.165) is 11.1 Å². The van der Waals surface area contributed by atoms with Gasteiger partial charge in [0.1, 0.15) is 5.75 Å². The van der Waals surface area contributed by atoms with Gasteiger partial charge in [-0.05, 0) is 36.4 Å². The summed E-state index contributed by atoms with van der Waals surface area (Å²) in [5.74, 6) is 1.45. The van der Waals surface area contributed by atoms with Gasteiger partial charge in [0, 0.05) is 23.5 Å². The van der Waals surface area contributed by atoms with Gasteiger partial charge in [0.25, 0.3) is 0 Å². The van der Waals surface area contributed by atoms with Gasteiger partial charge in [-0.15, -0.1) is 0 Å². The van der Waals surface area contributed by atoms with Crippen molar-refractivity contribution in [3.8, 4) is 28.5 Å².